The van der Waals surface area contributed by atoms with Crippen molar-refractivity contribution >= 4 is 16.2 Å². The molecule has 0 bridgehead atoms. The molecule has 0 aromatic carbocycles. The smallest absolute Gasteiger partial charge is 0.308 e. The fourth-order valence-corrected chi connectivity index (χ4v) is 3.64. The molecule has 124 valence electrons. The van der Waals surface area contributed by atoms with Crippen molar-refractivity contribution in [3.63, 3.8) is 0 Å². The average molecular weight is 322 g/mol. The maximum absolute atomic E-state index is 12.2. The number of rotatable bonds is 7. The van der Waals surface area contributed by atoms with Crippen LogP contribution in [0.4, 0.5) is 0 Å². The van der Waals surface area contributed by atoms with Gasteiger partial charge in [-0.1, -0.05) is 13.8 Å². The van der Waals surface area contributed by atoms with Crippen molar-refractivity contribution in [2.24, 2.45) is 5.92 Å². The van der Waals surface area contributed by atoms with Crippen LogP contribution in [-0.2, 0) is 19.7 Å². The lowest BCUT2D eigenvalue weighted by Gasteiger charge is -2.32. The zero-order valence-electron chi connectivity index (χ0n) is 13.0. The molecule has 1 saturated heterocycles. The maximum Gasteiger partial charge on any atom is 0.308 e. The molecule has 0 unspecified atom stereocenters. The van der Waals surface area contributed by atoms with Crippen LogP contribution in [0.2, 0.25) is 0 Å². The Morgan fingerprint density at radius 3 is 2.29 bits per heavy atom. The van der Waals surface area contributed by atoms with Gasteiger partial charge in [0.1, 0.15) is 0 Å². The molecule has 0 aliphatic carbocycles. The van der Waals surface area contributed by atoms with Gasteiger partial charge >= 0.3 is 5.97 Å². The minimum absolute atomic E-state index is 0.000731. The van der Waals surface area contributed by atoms with Crippen LogP contribution in [-0.4, -0.2) is 56.1 Å². The fourth-order valence-electron chi connectivity index (χ4n) is 2.32. The number of carbonyl (C=O) groups excluding carboxylic acids is 1. The van der Waals surface area contributed by atoms with Gasteiger partial charge in [-0.15, -0.1) is 0 Å². The molecule has 2 N–H and O–H groups in total. The molecule has 0 amide bonds. The predicted molar refractivity (Wildman–Crippen MR) is 78.8 cm³/mol. The lowest BCUT2D eigenvalue weighted by atomic mass is 9.98. The van der Waals surface area contributed by atoms with E-state index in [0.29, 0.717) is 25.7 Å². The summed E-state index contributed by atoms with van der Waals surface area (Å²) in [5, 5.41) is 10.1. The lowest BCUT2D eigenvalue weighted by Crippen LogP contribution is -2.50. The number of piperidine rings is 1. The third-order valence-electron chi connectivity index (χ3n) is 4.23. The van der Waals surface area contributed by atoms with E-state index in [1.165, 1.54) is 11.4 Å². The molecule has 0 saturated carbocycles. The summed E-state index contributed by atoms with van der Waals surface area (Å²) >= 11 is 0. The molecule has 7 nitrogen and oxygen atoms in total. The number of hydrogen-bond donors (Lipinski definition) is 2. The summed E-state index contributed by atoms with van der Waals surface area (Å²) in [6.45, 7) is 4.20. The van der Waals surface area contributed by atoms with Crippen molar-refractivity contribution in [1.29, 1.82) is 0 Å². The highest BCUT2D eigenvalue weighted by Crippen LogP contribution is 2.21. The number of aliphatic hydroxyl groups is 1. The topological polar surface area (TPSA) is 95.9 Å². The predicted octanol–water partition coefficient (Wildman–Crippen LogP) is 0.257. The van der Waals surface area contributed by atoms with Gasteiger partial charge in [-0.2, -0.15) is 17.4 Å². The minimum Gasteiger partial charge on any atom is -0.469 e. The first-order chi connectivity index (χ1) is 9.78. The molecule has 1 fully saturated rings. The summed E-state index contributed by atoms with van der Waals surface area (Å²) in [4.78, 5) is 11.4. The van der Waals surface area contributed by atoms with E-state index in [1.807, 2.05) is 13.8 Å². The van der Waals surface area contributed by atoms with Crippen LogP contribution in [0.3, 0.4) is 0 Å². The van der Waals surface area contributed by atoms with Crippen molar-refractivity contribution in [3.8, 4) is 0 Å². The monoisotopic (exact) mass is 322 g/mol. The van der Waals surface area contributed by atoms with Crippen molar-refractivity contribution in [3.05, 3.63) is 0 Å². The highest BCUT2D eigenvalue weighted by Gasteiger charge is 2.33. The second-order valence-corrected chi connectivity index (χ2v) is 7.21. The Bertz CT molecular complexity index is 439. The Labute approximate surface area is 126 Å². The van der Waals surface area contributed by atoms with Gasteiger partial charge in [0.2, 0.25) is 0 Å². The Kier molecular flexibility index (Phi) is 6.58. The van der Waals surface area contributed by atoms with Crippen molar-refractivity contribution in [1.82, 2.24) is 9.03 Å². The van der Waals surface area contributed by atoms with Crippen LogP contribution in [0.5, 0.6) is 0 Å². The Morgan fingerprint density at radius 1 is 1.33 bits per heavy atom. The molecule has 0 radical (unpaired) electrons. The zero-order valence-corrected chi connectivity index (χ0v) is 13.8. The second kappa shape index (κ2) is 7.53. The van der Waals surface area contributed by atoms with E-state index in [1.54, 1.807) is 0 Å². The summed E-state index contributed by atoms with van der Waals surface area (Å²) < 4.78 is 32.9. The van der Waals surface area contributed by atoms with E-state index in [0.717, 1.165) is 0 Å². The van der Waals surface area contributed by atoms with Crippen LogP contribution in [0, 0.1) is 5.92 Å². The molecule has 1 rings (SSSR count). The number of hydrogen-bond acceptors (Lipinski definition) is 5. The van der Waals surface area contributed by atoms with E-state index in [-0.39, 0.29) is 31.5 Å². The van der Waals surface area contributed by atoms with Crippen LogP contribution in [0.25, 0.3) is 0 Å². The van der Waals surface area contributed by atoms with Gasteiger partial charge in [0, 0.05) is 19.6 Å². The maximum atomic E-state index is 12.2. The highest BCUT2D eigenvalue weighted by molar-refractivity contribution is 7.87. The number of methoxy groups -OCH3 is 1. The Morgan fingerprint density at radius 2 is 1.86 bits per heavy atom. The number of nitrogens with one attached hydrogen (secondary N) is 1. The largest absolute Gasteiger partial charge is 0.469 e. The number of esters is 1. The van der Waals surface area contributed by atoms with Gasteiger partial charge in [0.25, 0.3) is 10.2 Å². The molecule has 0 spiro atoms. The van der Waals surface area contributed by atoms with Crippen LogP contribution >= 0.6 is 0 Å². The molecular weight excluding hydrogens is 296 g/mol. The minimum atomic E-state index is -3.62. The quantitative estimate of drug-likeness (QED) is 0.655. The molecule has 8 heteroatoms. The zero-order chi connectivity index (χ0) is 16.1. The van der Waals surface area contributed by atoms with Gasteiger partial charge in [-0.25, -0.2) is 0 Å². The molecule has 21 heavy (non-hydrogen) atoms. The lowest BCUT2D eigenvalue weighted by molar-refractivity contribution is -0.146. The number of nitrogens with zero attached hydrogens (tertiary/aromatic N) is 1. The van der Waals surface area contributed by atoms with Gasteiger partial charge in [0.05, 0.1) is 18.6 Å². The molecule has 0 atom stereocenters. The molecule has 1 heterocycles. The van der Waals surface area contributed by atoms with E-state index in [9.17, 15) is 18.3 Å². The summed E-state index contributed by atoms with van der Waals surface area (Å²) in [5.74, 6) is -0.518. The van der Waals surface area contributed by atoms with Crippen LogP contribution in [0.1, 0.15) is 39.5 Å². The highest BCUT2D eigenvalue weighted by atomic mass is 32.2. The Hall–Kier alpha value is -0.700. The molecule has 1 aliphatic rings. The first-order valence-electron chi connectivity index (χ1n) is 7.33. The van der Waals surface area contributed by atoms with E-state index in [2.05, 4.69) is 9.46 Å². The van der Waals surface area contributed by atoms with E-state index >= 15 is 0 Å². The molecule has 0 aromatic heterocycles. The van der Waals surface area contributed by atoms with E-state index in [4.69, 9.17) is 0 Å². The number of ether oxygens (including phenoxy) is 1. The summed E-state index contributed by atoms with van der Waals surface area (Å²) in [6.07, 6.45) is 1.88. The van der Waals surface area contributed by atoms with Crippen molar-refractivity contribution < 1.29 is 23.1 Å². The van der Waals surface area contributed by atoms with Gasteiger partial charge in [-0.05, 0) is 25.7 Å². The Balaban J connectivity index is 2.55. The van der Waals surface area contributed by atoms with Crippen LogP contribution in [0.15, 0.2) is 0 Å². The molecule has 1 aliphatic heterocycles. The van der Waals surface area contributed by atoms with Gasteiger partial charge in [-0.3, -0.25) is 4.79 Å². The first kappa shape index (κ1) is 18.3. The van der Waals surface area contributed by atoms with Gasteiger partial charge in [0.15, 0.2) is 0 Å². The third-order valence-corrected chi connectivity index (χ3v) is 5.78. The third kappa shape index (κ3) is 4.91. The fraction of sp³-hybridized carbons (Fsp3) is 0.923. The van der Waals surface area contributed by atoms with Crippen molar-refractivity contribution in [2.45, 2.75) is 45.1 Å². The van der Waals surface area contributed by atoms with Crippen LogP contribution < -0.4 is 4.72 Å². The first-order valence-corrected chi connectivity index (χ1v) is 8.77. The normalized spacial score (nSPS) is 18.7. The summed E-state index contributed by atoms with van der Waals surface area (Å²) in [5.41, 5.74) is -1.02. The SMILES string of the molecule is CCC(O)(CC)CNS(=O)(=O)N1CCC(C(=O)OC)CC1. The molecular formula is C13H26N2O5S. The summed E-state index contributed by atoms with van der Waals surface area (Å²) in [7, 11) is -2.28. The van der Waals surface area contributed by atoms with Gasteiger partial charge < -0.3 is 9.84 Å². The van der Waals surface area contributed by atoms with Crippen molar-refractivity contribution in [2.75, 3.05) is 26.7 Å². The summed E-state index contributed by atoms with van der Waals surface area (Å²) in [6, 6.07) is 0. The number of carbonyl (C=O) groups is 1. The average Bonchev–Trinajstić information content (AvgIpc) is 2.52. The second-order valence-electron chi connectivity index (χ2n) is 5.45. The molecule has 0 aromatic rings. The van der Waals surface area contributed by atoms with E-state index < -0.39 is 15.8 Å². The standard InChI is InChI=1S/C13H26N2O5S/c1-4-13(17,5-2)10-14-21(18,19)15-8-6-11(7-9-15)12(16)20-3/h11,14,17H,4-10H2,1-3H3.